The van der Waals surface area contributed by atoms with Crippen LogP contribution in [0.25, 0.3) is 0 Å². The molecule has 0 aliphatic heterocycles. The van der Waals surface area contributed by atoms with Gasteiger partial charge >= 0.3 is 0 Å². The van der Waals surface area contributed by atoms with Crippen molar-refractivity contribution in [2.45, 2.75) is 63.5 Å². The monoisotopic (exact) mass is 261 g/mol. The van der Waals surface area contributed by atoms with Crippen LogP contribution in [0, 0.1) is 0 Å². The summed E-state index contributed by atoms with van der Waals surface area (Å²) in [6.07, 6.45) is 5.90. The normalized spacial score (nSPS) is 18.1. The van der Waals surface area contributed by atoms with E-state index in [2.05, 4.69) is 38.1 Å². The lowest BCUT2D eigenvalue weighted by Gasteiger charge is -2.37. The molecule has 1 aromatic carbocycles. The summed E-state index contributed by atoms with van der Waals surface area (Å²) in [7, 11) is 1.78. The van der Waals surface area contributed by atoms with Gasteiger partial charge in [-0.1, -0.05) is 44.5 Å². The van der Waals surface area contributed by atoms with Gasteiger partial charge in [-0.3, -0.25) is 0 Å². The summed E-state index contributed by atoms with van der Waals surface area (Å²) in [5, 5.41) is 0. The van der Waals surface area contributed by atoms with Crippen LogP contribution in [0.1, 0.15) is 69.0 Å². The van der Waals surface area contributed by atoms with Crippen molar-refractivity contribution in [1.29, 1.82) is 0 Å². The summed E-state index contributed by atoms with van der Waals surface area (Å²) in [6.45, 7) is 4.31. The molecule has 2 N–H and O–H groups in total. The van der Waals surface area contributed by atoms with Crippen LogP contribution in [-0.4, -0.2) is 12.7 Å². The molecule has 106 valence electrons. The zero-order valence-electron chi connectivity index (χ0n) is 12.5. The third kappa shape index (κ3) is 2.70. The largest absolute Gasteiger partial charge is 0.376 e. The molecular weight excluding hydrogens is 234 g/mol. The average molecular weight is 261 g/mol. The van der Waals surface area contributed by atoms with Crippen molar-refractivity contribution < 1.29 is 4.74 Å². The van der Waals surface area contributed by atoms with Crippen molar-refractivity contribution in [2.24, 2.45) is 5.73 Å². The van der Waals surface area contributed by atoms with Gasteiger partial charge in [-0.15, -0.1) is 0 Å². The topological polar surface area (TPSA) is 35.2 Å². The van der Waals surface area contributed by atoms with Crippen molar-refractivity contribution in [3.05, 3.63) is 35.4 Å². The van der Waals surface area contributed by atoms with E-state index in [1.54, 1.807) is 7.11 Å². The highest BCUT2D eigenvalue weighted by Gasteiger charge is 2.34. The lowest BCUT2D eigenvalue weighted by atomic mass is 9.78. The molecule has 1 aliphatic rings. The number of methoxy groups -OCH3 is 1. The molecule has 0 heterocycles. The predicted octanol–water partition coefficient (Wildman–Crippen LogP) is 4.16. The number of rotatable bonds is 6. The van der Waals surface area contributed by atoms with E-state index < -0.39 is 0 Å². The number of hydrogen-bond acceptors (Lipinski definition) is 2. The van der Waals surface area contributed by atoms with E-state index in [9.17, 15) is 0 Å². The molecule has 0 saturated heterocycles. The molecule has 0 aromatic heterocycles. The van der Waals surface area contributed by atoms with E-state index in [1.807, 2.05) is 0 Å². The minimum Gasteiger partial charge on any atom is -0.376 e. The maximum absolute atomic E-state index is 6.51. The van der Waals surface area contributed by atoms with E-state index >= 15 is 0 Å². The lowest BCUT2D eigenvalue weighted by Crippen LogP contribution is -2.42. The van der Waals surface area contributed by atoms with Crippen LogP contribution < -0.4 is 5.73 Å². The first-order valence-electron chi connectivity index (χ1n) is 7.57. The second-order valence-electron chi connectivity index (χ2n) is 5.75. The average Bonchev–Trinajstić information content (AvgIpc) is 2.39. The molecule has 2 rings (SSSR count). The Bertz CT molecular complexity index is 399. The Morgan fingerprint density at radius 2 is 2.00 bits per heavy atom. The summed E-state index contributed by atoms with van der Waals surface area (Å²) in [6, 6.07) is 8.79. The van der Waals surface area contributed by atoms with Crippen molar-refractivity contribution >= 4 is 0 Å². The second-order valence-corrected chi connectivity index (χ2v) is 5.75. The number of nitrogens with two attached hydrogens (primary N) is 1. The highest BCUT2D eigenvalue weighted by Crippen LogP contribution is 2.39. The maximum Gasteiger partial charge on any atom is 0.0865 e. The highest BCUT2D eigenvalue weighted by atomic mass is 16.5. The fourth-order valence-electron chi connectivity index (χ4n) is 3.16. The van der Waals surface area contributed by atoms with E-state index in [0.717, 1.165) is 18.8 Å². The van der Waals surface area contributed by atoms with E-state index in [4.69, 9.17) is 10.5 Å². The van der Waals surface area contributed by atoms with Crippen LogP contribution in [0.5, 0.6) is 0 Å². The van der Waals surface area contributed by atoms with Crippen molar-refractivity contribution in [3.8, 4) is 0 Å². The molecule has 19 heavy (non-hydrogen) atoms. The maximum atomic E-state index is 6.51. The Labute approximate surface area is 117 Å². The first-order chi connectivity index (χ1) is 9.16. The van der Waals surface area contributed by atoms with E-state index in [-0.39, 0.29) is 11.6 Å². The number of hydrogen-bond donors (Lipinski definition) is 1. The van der Waals surface area contributed by atoms with Gasteiger partial charge in [0.1, 0.15) is 0 Å². The summed E-state index contributed by atoms with van der Waals surface area (Å²) in [5.74, 6) is 0.757. The first kappa shape index (κ1) is 14.5. The molecule has 1 aliphatic carbocycles. The molecule has 2 nitrogen and oxygen atoms in total. The number of benzene rings is 1. The molecular formula is C17H27NO. The Balaban J connectivity index is 2.24. The minimum atomic E-state index is -0.238. The molecule has 2 heteroatoms. The zero-order valence-corrected chi connectivity index (χ0v) is 12.5. The summed E-state index contributed by atoms with van der Waals surface area (Å²) >= 11 is 0. The summed E-state index contributed by atoms with van der Waals surface area (Å²) in [5.41, 5.74) is 8.94. The third-order valence-electron chi connectivity index (χ3n) is 5.02. The predicted molar refractivity (Wildman–Crippen MR) is 80.3 cm³/mol. The van der Waals surface area contributed by atoms with Crippen LogP contribution in [0.4, 0.5) is 0 Å². The Morgan fingerprint density at radius 3 is 2.47 bits per heavy atom. The van der Waals surface area contributed by atoms with Gasteiger partial charge in [-0.2, -0.15) is 0 Å². The van der Waals surface area contributed by atoms with E-state index in [1.165, 1.54) is 30.4 Å². The fourth-order valence-corrected chi connectivity index (χ4v) is 3.16. The van der Waals surface area contributed by atoms with Gasteiger partial charge in [-0.05, 0) is 42.7 Å². The quantitative estimate of drug-likeness (QED) is 0.834. The summed E-state index contributed by atoms with van der Waals surface area (Å²) in [4.78, 5) is 0. The van der Waals surface area contributed by atoms with Gasteiger partial charge < -0.3 is 10.5 Å². The van der Waals surface area contributed by atoms with Gasteiger partial charge in [0, 0.05) is 7.11 Å². The van der Waals surface area contributed by atoms with Crippen LogP contribution in [0.3, 0.4) is 0 Å². The first-order valence-corrected chi connectivity index (χ1v) is 7.57. The van der Waals surface area contributed by atoms with Gasteiger partial charge in [0.15, 0.2) is 0 Å². The van der Waals surface area contributed by atoms with Gasteiger partial charge in [-0.25, -0.2) is 0 Å². The standard InChI is InChI=1S/C17H27NO/c1-4-17(5-2,19-3)16(18)15-11-7-10-14(12-15)13-8-6-9-13/h7,10-13,16H,4-6,8-9,18H2,1-3H3. The van der Waals surface area contributed by atoms with E-state index in [0.29, 0.717) is 0 Å². The highest BCUT2D eigenvalue weighted by molar-refractivity contribution is 5.31. The second kappa shape index (κ2) is 6.06. The van der Waals surface area contributed by atoms with Crippen LogP contribution in [0.15, 0.2) is 24.3 Å². The van der Waals surface area contributed by atoms with Gasteiger partial charge in [0.05, 0.1) is 11.6 Å². The molecule has 0 amide bonds. The Kier molecular flexibility index (Phi) is 4.64. The molecule has 0 radical (unpaired) electrons. The smallest absolute Gasteiger partial charge is 0.0865 e. The molecule has 0 bridgehead atoms. The van der Waals surface area contributed by atoms with Crippen LogP contribution >= 0.6 is 0 Å². The third-order valence-corrected chi connectivity index (χ3v) is 5.02. The van der Waals surface area contributed by atoms with Crippen LogP contribution in [-0.2, 0) is 4.74 Å². The van der Waals surface area contributed by atoms with Crippen molar-refractivity contribution in [1.82, 2.24) is 0 Å². The molecule has 1 unspecified atom stereocenters. The van der Waals surface area contributed by atoms with Gasteiger partial charge in [0.2, 0.25) is 0 Å². The summed E-state index contributed by atoms with van der Waals surface area (Å²) < 4.78 is 5.77. The molecule has 1 fully saturated rings. The van der Waals surface area contributed by atoms with Crippen LogP contribution in [0.2, 0.25) is 0 Å². The minimum absolute atomic E-state index is 0.0486. The zero-order chi connectivity index (χ0) is 13.9. The Morgan fingerprint density at radius 1 is 1.32 bits per heavy atom. The lowest BCUT2D eigenvalue weighted by molar-refractivity contribution is -0.0385. The van der Waals surface area contributed by atoms with Crippen molar-refractivity contribution in [3.63, 3.8) is 0 Å². The molecule has 1 aromatic rings. The SMILES string of the molecule is CCC(CC)(OC)C(N)c1cccc(C2CCC2)c1. The van der Waals surface area contributed by atoms with Crippen molar-refractivity contribution in [2.75, 3.05) is 7.11 Å². The fraction of sp³-hybridized carbons (Fsp3) is 0.647. The number of ether oxygens (including phenoxy) is 1. The molecule has 1 saturated carbocycles. The molecule has 0 spiro atoms. The van der Waals surface area contributed by atoms with Gasteiger partial charge in [0.25, 0.3) is 0 Å². The Hall–Kier alpha value is -0.860. The molecule has 1 atom stereocenters.